The minimum absolute atomic E-state index is 0.0689. The lowest BCUT2D eigenvalue weighted by Gasteiger charge is -2.05. The number of aromatic nitrogens is 3. The minimum atomic E-state index is -0.0689. The molecular weight excluding hydrogens is 296 g/mol. The van der Waals surface area contributed by atoms with Gasteiger partial charge in [-0.15, -0.1) is 11.3 Å². The second kappa shape index (κ2) is 6.37. The van der Waals surface area contributed by atoms with Crippen LogP contribution >= 0.6 is 22.9 Å². The maximum absolute atomic E-state index is 11.8. The van der Waals surface area contributed by atoms with E-state index in [0.717, 1.165) is 28.5 Å². The summed E-state index contributed by atoms with van der Waals surface area (Å²) in [7, 11) is 0. The lowest BCUT2D eigenvalue weighted by molar-refractivity contribution is -0.121. The second-order valence-corrected chi connectivity index (χ2v) is 5.95. The van der Waals surface area contributed by atoms with Crippen molar-refractivity contribution in [3.63, 3.8) is 0 Å². The first-order chi connectivity index (χ1) is 9.47. The van der Waals surface area contributed by atoms with Crippen LogP contribution in [-0.4, -0.2) is 27.2 Å². The van der Waals surface area contributed by atoms with E-state index in [2.05, 4.69) is 15.4 Å². The van der Waals surface area contributed by atoms with Crippen molar-refractivity contribution in [2.75, 3.05) is 6.54 Å². The van der Waals surface area contributed by atoms with Crippen LogP contribution in [0, 0.1) is 20.8 Å². The van der Waals surface area contributed by atoms with Gasteiger partial charge in [-0.3, -0.25) is 9.48 Å². The van der Waals surface area contributed by atoms with Crippen LogP contribution in [0.25, 0.3) is 0 Å². The van der Waals surface area contributed by atoms with Gasteiger partial charge in [0, 0.05) is 24.0 Å². The fourth-order valence-corrected chi connectivity index (χ4v) is 2.76. The lowest BCUT2D eigenvalue weighted by Crippen LogP contribution is -2.30. The molecule has 5 nitrogen and oxygen atoms in total. The molecule has 2 rings (SSSR count). The van der Waals surface area contributed by atoms with Crippen LogP contribution in [0.4, 0.5) is 0 Å². The van der Waals surface area contributed by atoms with Gasteiger partial charge in [0.05, 0.1) is 21.4 Å². The third-order valence-corrected chi connectivity index (χ3v) is 4.49. The number of hydrogen-bond donors (Lipinski definition) is 1. The molecular formula is C13H17ClN4OS. The summed E-state index contributed by atoms with van der Waals surface area (Å²) in [6.45, 7) is 6.42. The van der Waals surface area contributed by atoms with Crippen molar-refractivity contribution >= 4 is 28.8 Å². The highest BCUT2D eigenvalue weighted by Crippen LogP contribution is 2.18. The lowest BCUT2D eigenvalue weighted by atomic mass is 10.4. The van der Waals surface area contributed by atoms with Gasteiger partial charge in [-0.05, 0) is 20.8 Å². The molecule has 0 unspecified atom stereocenters. The molecule has 0 saturated carbocycles. The molecule has 0 aliphatic heterocycles. The van der Waals surface area contributed by atoms with Crippen molar-refractivity contribution in [2.24, 2.45) is 0 Å². The summed E-state index contributed by atoms with van der Waals surface area (Å²) in [4.78, 5) is 16.2. The minimum Gasteiger partial charge on any atom is -0.354 e. The summed E-state index contributed by atoms with van der Waals surface area (Å²) >= 11 is 7.66. The van der Waals surface area contributed by atoms with E-state index in [-0.39, 0.29) is 12.5 Å². The number of carbonyl (C=O) groups is 1. The maximum atomic E-state index is 11.8. The van der Waals surface area contributed by atoms with Gasteiger partial charge in [0.2, 0.25) is 5.91 Å². The zero-order valence-corrected chi connectivity index (χ0v) is 13.3. The first kappa shape index (κ1) is 15.0. The summed E-state index contributed by atoms with van der Waals surface area (Å²) in [6, 6.07) is 0. The quantitative estimate of drug-likeness (QED) is 0.921. The Balaban J connectivity index is 1.82. The normalized spacial score (nSPS) is 10.8. The number of aryl methyl sites for hydroxylation is 2. The summed E-state index contributed by atoms with van der Waals surface area (Å²) < 4.78 is 1.63. The predicted octanol–water partition coefficient (Wildman–Crippen LogP) is 2.28. The van der Waals surface area contributed by atoms with Gasteiger partial charge in [-0.25, -0.2) is 4.98 Å². The molecule has 2 aromatic heterocycles. The zero-order valence-electron chi connectivity index (χ0n) is 11.7. The molecule has 0 aromatic carbocycles. The first-order valence-corrected chi connectivity index (χ1v) is 7.60. The predicted molar refractivity (Wildman–Crippen MR) is 80.3 cm³/mol. The average Bonchev–Trinajstić information content (AvgIpc) is 2.90. The van der Waals surface area contributed by atoms with Crippen molar-refractivity contribution in [1.82, 2.24) is 20.1 Å². The Labute approximate surface area is 127 Å². The number of amides is 1. The molecule has 108 valence electrons. The van der Waals surface area contributed by atoms with Gasteiger partial charge < -0.3 is 5.32 Å². The van der Waals surface area contributed by atoms with Crippen LogP contribution in [0.3, 0.4) is 0 Å². The second-order valence-electron chi connectivity index (χ2n) is 4.63. The molecule has 0 aliphatic rings. The van der Waals surface area contributed by atoms with Crippen LogP contribution in [0.15, 0.2) is 5.38 Å². The summed E-state index contributed by atoms with van der Waals surface area (Å²) in [6.07, 6.45) is 0.752. The standard InChI is InChI=1S/C13H17ClN4OS/c1-8-7-20-12(16-8)4-5-15-11(19)6-18-10(3)13(14)9(2)17-18/h7H,4-6H2,1-3H3,(H,15,19). The van der Waals surface area contributed by atoms with Crippen LogP contribution < -0.4 is 5.32 Å². The summed E-state index contributed by atoms with van der Waals surface area (Å²) in [5.41, 5.74) is 2.58. The number of hydrogen-bond acceptors (Lipinski definition) is 4. The van der Waals surface area contributed by atoms with Gasteiger partial charge in [0.25, 0.3) is 0 Å². The summed E-state index contributed by atoms with van der Waals surface area (Å²) in [5.74, 6) is -0.0689. The van der Waals surface area contributed by atoms with Crippen LogP contribution in [0.2, 0.25) is 5.02 Å². The van der Waals surface area contributed by atoms with Crippen LogP contribution in [0.1, 0.15) is 22.1 Å². The fourth-order valence-electron chi connectivity index (χ4n) is 1.85. The smallest absolute Gasteiger partial charge is 0.241 e. The third-order valence-electron chi connectivity index (χ3n) is 2.91. The molecule has 1 amide bonds. The Morgan fingerprint density at radius 3 is 2.75 bits per heavy atom. The number of thiazole rings is 1. The van der Waals surface area contributed by atoms with Gasteiger partial charge in [-0.1, -0.05) is 11.6 Å². The van der Waals surface area contributed by atoms with Gasteiger partial charge in [-0.2, -0.15) is 5.10 Å². The maximum Gasteiger partial charge on any atom is 0.241 e. The summed E-state index contributed by atoms with van der Waals surface area (Å²) in [5, 5.41) is 10.8. The number of halogens is 1. The Morgan fingerprint density at radius 2 is 2.20 bits per heavy atom. The van der Waals surface area contributed by atoms with Crippen molar-refractivity contribution in [2.45, 2.75) is 33.7 Å². The highest BCUT2D eigenvalue weighted by atomic mass is 35.5. The molecule has 0 spiro atoms. The topological polar surface area (TPSA) is 59.8 Å². The molecule has 1 N–H and O–H groups in total. The Morgan fingerprint density at radius 1 is 1.45 bits per heavy atom. The Hall–Kier alpha value is -1.40. The first-order valence-electron chi connectivity index (χ1n) is 6.34. The number of nitrogens with one attached hydrogen (secondary N) is 1. The van der Waals surface area contributed by atoms with Crippen molar-refractivity contribution in [1.29, 1.82) is 0 Å². The van der Waals surface area contributed by atoms with Crippen molar-refractivity contribution in [3.8, 4) is 0 Å². The molecule has 0 fully saturated rings. The van der Waals surface area contributed by atoms with E-state index < -0.39 is 0 Å². The van der Waals surface area contributed by atoms with E-state index >= 15 is 0 Å². The highest BCUT2D eigenvalue weighted by Gasteiger charge is 2.11. The number of nitrogens with zero attached hydrogens (tertiary/aromatic N) is 3. The monoisotopic (exact) mass is 312 g/mol. The SMILES string of the molecule is Cc1csc(CCNC(=O)Cn2nc(C)c(Cl)c2C)n1. The Bertz CT molecular complexity index is 620. The Kier molecular flexibility index (Phi) is 4.77. The number of rotatable bonds is 5. The zero-order chi connectivity index (χ0) is 14.7. The third kappa shape index (κ3) is 3.58. The molecule has 2 heterocycles. The van der Waals surface area contributed by atoms with E-state index in [0.29, 0.717) is 11.6 Å². The molecule has 0 radical (unpaired) electrons. The van der Waals surface area contributed by atoms with E-state index in [9.17, 15) is 4.79 Å². The van der Waals surface area contributed by atoms with E-state index in [1.807, 2.05) is 26.2 Å². The molecule has 0 bridgehead atoms. The van der Waals surface area contributed by atoms with Crippen LogP contribution in [-0.2, 0) is 17.8 Å². The average molecular weight is 313 g/mol. The number of carbonyl (C=O) groups excluding carboxylic acids is 1. The molecule has 20 heavy (non-hydrogen) atoms. The van der Waals surface area contributed by atoms with E-state index in [1.54, 1.807) is 16.0 Å². The van der Waals surface area contributed by atoms with Gasteiger partial charge >= 0.3 is 0 Å². The highest BCUT2D eigenvalue weighted by molar-refractivity contribution is 7.09. The molecule has 0 aliphatic carbocycles. The van der Waals surface area contributed by atoms with Crippen molar-refractivity contribution in [3.05, 3.63) is 32.5 Å². The van der Waals surface area contributed by atoms with Gasteiger partial charge in [0.1, 0.15) is 6.54 Å². The largest absolute Gasteiger partial charge is 0.354 e. The van der Waals surface area contributed by atoms with Crippen molar-refractivity contribution < 1.29 is 4.79 Å². The molecule has 0 saturated heterocycles. The van der Waals surface area contributed by atoms with Crippen LogP contribution in [0.5, 0.6) is 0 Å². The molecule has 2 aromatic rings. The molecule has 0 atom stereocenters. The van der Waals surface area contributed by atoms with Gasteiger partial charge in [0.15, 0.2) is 0 Å². The van der Waals surface area contributed by atoms with E-state index in [1.165, 1.54) is 0 Å². The van der Waals surface area contributed by atoms with E-state index in [4.69, 9.17) is 11.6 Å². The molecule has 7 heteroatoms. The fraction of sp³-hybridized carbons (Fsp3) is 0.462.